The summed E-state index contributed by atoms with van der Waals surface area (Å²) in [5, 5.41) is 9.18. The standard InChI is InChI=1S/C13H15F2NO2/c1-2-10(8-17)16-11(13(14,15)12(16)18)9-6-4-3-5-7-9/h3-7,10-11,17H,2,8H2,1H3/t10-,11+/m1/s1. The summed E-state index contributed by atoms with van der Waals surface area (Å²) in [7, 11) is 0. The molecule has 2 atom stereocenters. The van der Waals surface area contributed by atoms with Crippen molar-refractivity contribution < 1.29 is 18.7 Å². The highest BCUT2D eigenvalue weighted by atomic mass is 19.3. The summed E-state index contributed by atoms with van der Waals surface area (Å²) in [5.74, 6) is -4.57. The second-order valence-corrected chi connectivity index (χ2v) is 4.39. The van der Waals surface area contributed by atoms with Crippen molar-refractivity contribution in [2.75, 3.05) is 6.61 Å². The zero-order valence-electron chi connectivity index (χ0n) is 10.0. The first-order chi connectivity index (χ1) is 8.54. The first-order valence-corrected chi connectivity index (χ1v) is 5.90. The van der Waals surface area contributed by atoms with Crippen LogP contribution in [-0.2, 0) is 4.79 Å². The van der Waals surface area contributed by atoms with Crippen molar-refractivity contribution in [2.24, 2.45) is 0 Å². The van der Waals surface area contributed by atoms with Crippen LogP contribution in [0.5, 0.6) is 0 Å². The Morgan fingerprint density at radius 2 is 2.00 bits per heavy atom. The van der Waals surface area contributed by atoms with Gasteiger partial charge in [0.15, 0.2) is 0 Å². The predicted octanol–water partition coefficient (Wildman–Crippen LogP) is 1.98. The Balaban J connectivity index is 2.33. The van der Waals surface area contributed by atoms with Gasteiger partial charge in [0.05, 0.1) is 12.6 Å². The SMILES string of the molecule is CC[C@H](CO)N1C(=O)C(F)(F)[C@@H]1c1ccccc1. The quantitative estimate of drug-likeness (QED) is 0.836. The Bertz CT molecular complexity index is 432. The number of aliphatic hydroxyl groups is 1. The number of aliphatic hydroxyl groups excluding tert-OH is 1. The van der Waals surface area contributed by atoms with Gasteiger partial charge in [-0.15, -0.1) is 0 Å². The molecule has 1 aliphatic rings. The smallest absolute Gasteiger partial charge is 0.348 e. The summed E-state index contributed by atoms with van der Waals surface area (Å²) < 4.78 is 27.4. The number of alkyl halides is 2. The van der Waals surface area contributed by atoms with E-state index in [1.54, 1.807) is 37.3 Å². The number of halogens is 2. The summed E-state index contributed by atoms with van der Waals surface area (Å²) in [5.41, 5.74) is 0.397. The Hall–Kier alpha value is -1.49. The Kier molecular flexibility index (Phi) is 3.34. The molecule has 0 aliphatic carbocycles. The molecule has 0 radical (unpaired) electrons. The average molecular weight is 255 g/mol. The summed E-state index contributed by atoms with van der Waals surface area (Å²) in [6.07, 6.45) is 0.446. The van der Waals surface area contributed by atoms with E-state index >= 15 is 0 Å². The number of carbonyl (C=O) groups excluding carboxylic acids is 1. The molecular weight excluding hydrogens is 240 g/mol. The Labute approximate surface area is 104 Å². The highest BCUT2D eigenvalue weighted by Crippen LogP contribution is 2.48. The maximum atomic E-state index is 13.7. The number of likely N-dealkylation sites (tertiary alicyclic amines) is 1. The van der Waals surface area contributed by atoms with Gasteiger partial charge in [0.1, 0.15) is 6.04 Å². The van der Waals surface area contributed by atoms with E-state index in [-0.39, 0.29) is 6.61 Å². The molecule has 1 aromatic carbocycles. The third-order valence-corrected chi connectivity index (χ3v) is 3.33. The van der Waals surface area contributed by atoms with Crippen molar-refractivity contribution in [3.05, 3.63) is 35.9 Å². The Morgan fingerprint density at radius 3 is 2.50 bits per heavy atom. The molecule has 0 unspecified atom stereocenters. The number of rotatable bonds is 4. The van der Waals surface area contributed by atoms with E-state index in [4.69, 9.17) is 0 Å². The third kappa shape index (κ3) is 1.79. The average Bonchev–Trinajstić information content (AvgIpc) is 2.39. The number of β-lactam (4-membered cyclic amide) rings is 1. The monoisotopic (exact) mass is 255 g/mol. The number of nitrogens with zero attached hydrogens (tertiary/aromatic N) is 1. The third-order valence-electron chi connectivity index (χ3n) is 3.33. The highest BCUT2D eigenvalue weighted by Gasteiger charge is 2.65. The van der Waals surface area contributed by atoms with Crippen LogP contribution in [0.25, 0.3) is 0 Å². The van der Waals surface area contributed by atoms with Gasteiger partial charge in [-0.3, -0.25) is 4.79 Å². The summed E-state index contributed by atoms with van der Waals surface area (Å²) in [6.45, 7) is 1.45. The first kappa shape index (κ1) is 13.0. The summed E-state index contributed by atoms with van der Waals surface area (Å²) in [4.78, 5) is 12.6. The highest BCUT2D eigenvalue weighted by molar-refractivity contribution is 5.92. The molecule has 18 heavy (non-hydrogen) atoms. The van der Waals surface area contributed by atoms with Gasteiger partial charge in [-0.25, -0.2) is 0 Å². The van der Waals surface area contributed by atoms with E-state index in [9.17, 15) is 18.7 Å². The number of hydrogen-bond acceptors (Lipinski definition) is 2. The van der Waals surface area contributed by atoms with Gasteiger partial charge in [-0.1, -0.05) is 37.3 Å². The molecule has 98 valence electrons. The second kappa shape index (κ2) is 4.65. The largest absolute Gasteiger partial charge is 0.394 e. The molecule has 0 saturated carbocycles. The van der Waals surface area contributed by atoms with E-state index < -0.39 is 23.9 Å². The van der Waals surface area contributed by atoms with Gasteiger partial charge in [0, 0.05) is 0 Å². The lowest BCUT2D eigenvalue weighted by Crippen LogP contribution is -2.67. The van der Waals surface area contributed by atoms with E-state index in [1.165, 1.54) is 0 Å². The van der Waals surface area contributed by atoms with E-state index in [2.05, 4.69) is 0 Å². The minimum absolute atomic E-state index is 0.304. The normalized spacial score (nSPS) is 23.7. The molecule has 2 rings (SSSR count). The van der Waals surface area contributed by atoms with Crippen LogP contribution in [0.4, 0.5) is 8.78 Å². The zero-order valence-corrected chi connectivity index (χ0v) is 10.0. The fraction of sp³-hybridized carbons (Fsp3) is 0.462. The van der Waals surface area contributed by atoms with Crippen LogP contribution in [0.15, 0.2) is 30.3 Å². The fourth-order valence-electron chi connectivity index (χ4n) is 2.31. The van der Waals surface area contributed by atoms with Crippen LogP contribution in [0.1, 0.15) is 24.9 Å². The van der Waals surface area contributed by atoms with Crippen molar-refractivity contribution in [1.82, 2.24) is 4.90 Å². The summed E-state index contributed by atoms with van der Waals surface area (Å²) >= 11 is 0. The lowest BCUT2D eigenvalue weighted by atomic mass is 9.87. The molecule has 0 bridgehead atoms. The van der Waals surface area contributed by atoms with Gasteiger partial charge in [0.2, 0.25) is 0 Å². The van der Waals surface area contributed by atoms with Crippen molar-refractivity contribution >= 4 is 5.91 Å². The minimum Gasteiger partial charge on any atom is -0.394 e. The van der Waals surface area contributed by atoms with Crippen molar-refractivity contribution in [3.63, 3.8) is 0 Å². The van der Waals surface area contributed by atoms with Gasteiger partial charge in [0.25, 0.3) is 5.91 Å². The van der Waals surface area contributed by atoms with Crippen LogP contribution >= 0.6 is 0 Å². The topological polar surface area (TPSA) is 40.5 Å². The molecule has 3 nitrogen and oxygen atoms in total. The predicted molar refractivity (Wildman–Crippen MR) is 62.1 cm³/mol. The maximum Gasteiger partial charge on any atom is 0.348 e. The van der Waals surface area contributed by atoms with Gasteiger partial charge >= 0.3 is 5.92 Å². The van der Waals surface area contributed by atoms with Crippen LogP contribution in [0.3, 0.4) is 0 Å². The van der Waals surface area contributed by atoms with Gasteiger partial charge in [-0.05, 0) is 12.0 Å². The first-order valence-electron chi connectivity index (χ1n) is 5.90. The number of amides is 1. The lowest BCUT2D eigenvalue weighted by Gasteiger charge is -2.50. The molecule has 1 saturated heterocycles. The van der Waals surface area contributed by atoms with Crippen LogP contribution in [-0.4, -0.2) is 34.5 Å². The molecule has 1 N–H and O–H groups in total. The van der Waals surface area contributed by atoms with E-state index in [0.29, 0.717) is 12.0 Å². The van der Waals surface area contributed by atoms with Crippen molar-refractivity contribution in [2.45, 2.75) is 31.4 Å². The molecular formula is C13H15F2NO2. The minimum atomic E-state index is -3.37. The molecule has 0 aromatic heterocycles. The van der Waals surface area contributed by atoms with E-state index in [1.807, 2.05) is 0 Å². The summed E-state index contributed by atoms with van der Waals surface area (Å²) in [6, 6.07) is 6.38. The fourth-order valence-corrected chi connectivity index (χ4v) is 2.31. The molecule has 1 heterocycles. The molecule has 5 heteroatoms. The number of carbonyl (C=O) groups is 1. The van der Waals surface area contributed by atoms with E-state index in [0.717, 1.165) is 4.90 Å². The van der Waals surface area contributed by atoms with Crippen LogP contribution in [0, 0.1) is 0 Å². The molecule has 1 amide bonds. The van der Waals surface area contributed by atoms with Gasteiger partial charge < -0.3 is 10.0 Å². The van der Waals surface area contributed by atoms with Crippen LogP contribution < -0.4 is 0 Å². The number of hydrogen-bond donors (Lipinski definition) is 1. The molecule has 1 aliphatic heterocycles. The second-order valence-electron chi connectivity index (χ2n) is 4.39. The van der Waals surface area contributed by atoms with Crippen LogP contribution in [0.2, 0.25) is 0 Å². The number of benzene rings is 1. The molecule has 0 spiro atoms. The zero-order chi connectivity index (χ0) is 13.3. The van der Waals surface area contributed by atoms with Crippen molar-refractivity contribution in [1.29, 1.82) is 0 Å². The maximum absolute atomic E-state index is 13.7. The van der Waals surface area contributed by atoms with Gasteiger partial charge in [-0.2, -0.15) is 8.78 Å². The molecule has 1 aromatic rings. The van der Waals surface area contributed by atoms with Crippen molar-refractivity contribution in [3.8, 4) is 0 Å². The Morgan fingerprint density at radius 1 is 1.39 bits per heavy atom. The molecule has 1 fully saturated rings. The lowest BCUT2D eigenvalue weighted by molar-refractivity contribution is -0.214.